The fourth-order valence-electron chi connectivity index (χ4n) is 2.04. The lowest BCUT2D eigenvalue weighted by Gasteiger charge is -2.15. The Kier molecular flexibility index (Phi) is 4.35. The lowest BCUT2D eigenvalue weighted by Crippen LogP contribution is -2.33. The van der Waals surface area contributed by atoms with Gasteiger partial charge in [0.05, 0.1) is 6.04 Å². The van der Waals surface area contributed by atoms with Crippen LogP contribution < -0.4 is 10.9 Å². The maximum atomic E-state index is 12.0. The summed E-state index contributed by atoms with van der Waals surface area (Å²) in [6, 6.07) is 12.9. The van der Waals surface area contributed by atoms with Crippen LogP contribution in [0.2, 0.25) is 0 Å². The van der Waals surface area contributed by atoms with Gasteiger partial charge in [0, 0.05) is 12.3 Å². The van der Waals surface area contributed by atoms with E-state index in [4.69, 9.17) is 0 Å². The van der Waals surface area contributed by atoms with Crippen molar-refractivity contribution in [1.29, 1.82) is 0 Å². The van der Waals surface area contributed by atoms with Crippen LogP contribution in [-0.2, 0) is 11.3 Å². The summed E-state index contributed by atoms with van der Waals surface area (Å²) in [6.07, 6.45) is 1.69. The van der Waals surface area contributed by atoms with Gasteiger partial charge in [-0.1, -0.05) is 36.4 Å². The van der Waals surface area contributed by atoms with E-state index in [0.717, 1.165) is 11.1 Å². The van der Waals surface area contributed by atoms with Gasteiger partial charge in [0.2, 0.25) is 5.91 Å². The number of carbonyl (C=O) groups is 1. The third-order valence-electron chi connectivity index (χ3n) is 3.12. The fourth-order valence-corrected chi connectivity index (χ4v) is 2.04. The monoisotopic (exact) mass is 270 g/mol. The first-order chi connectivity index (χ1) is 9.56. The number of aromatic nitrogens is 1. The zero-order chi connectivity index (χ0) is 14.5. The number of carbonyl (C=O) groups excluding carboxylic acids is 1. The number of hydrogen-bond donors (Lipinski definition) is 1. The Morgan fingerprint density at radius 2 is 1.90 bits per heavy atom. The van der Waals surface area contributed by atoms with Crippen LogP contribution in [0, 0.1) is 6.92 Å². The van der Waals surface area contributed by atoms with E-state index in [0.29, 0.717) is 0 Å². The van der Waals surface area contributed by atoms with Gasteiger partial charge >= 0.3 is 0 Å². The van der Waals surface area contributed by atoms with Gasteiger partial charge < -0.3 is 9.88 Å². The molecule has 4 nitrogen and oxygen atoms in total. The Balaban J connectivity index is 2.02. The molecule has 1 N–H and O–H groups in total. The molecule has 0 radical (unpaired) electrons. The average molecular weight is 270 g/mol. The second kappa shape index (κ2) is 6.19. The number of benzene rings is 1. The minimum Gasteiger partial charge on any atom is -0.348 e. The first kappa shape index (κ1) is 14.1. The number of nitrogens with zero attached hydrogens (tertiary/aromatic N) is 1. The highest BCUT2D eigenvalue weighted by molar-refractivity contribution is 5.76. The molecule has 0 saturated heterocycles. The van der Waals surface area contributed by atoms with E-state index in [1.54, 1.807) is 12.3 Å². The highest BCUT2D eigenvalue weighted by atomic mass is 16.2. The maximum Gasteiger partial charge on any atom is 0.251 e. The Morgan fingerprint density at radius 3 is 2.60 bits per heavy atom. The van der Waals surface area contributed by atoms with Gasteiger partial charge in [-0.3, -0.25) is 9.59 Å². The average Bonchev–Trinajstić information content (AvgIpc) is 2.43. The quantitative estimate of drug-likeness (QED) is 0.924. The van der Waals surface area contributed by atoms with E-state index in [1.165, 1.54) is 10.6 Å². The first-order valence-corrected chi connectivity index (χ1v) is 6.57. The predicted octanol–water partition coefficient (Wildman–Crippen LogP) is 2.03. The molecule has 1 aromatic carbocycles. The molecule has 0 unspecified atom stereocenters. The van der Waals surface area contributed by atoms with E-state index < -0.39 is 0 Å². The number of hydrogen-bond acceptors (Lipinski definition) is 2. The summed E-state index contributed by atoms with van der Waals surface area (Å²) >= 11 is 0. The van der Waals surface area contributed by atoms with Gasteiger partial charge in [-0.15, -0.1) is 0 Å². The molecule has 4 heteroatoms. The minimum atomic E-state index is -0.172. The molecule has 1 amide bonds. The molecule has 0 bridgehead atoms. The SMILES string of the molecule is Cc1ccc(=O)n(CC(=O)N[C@H](C)c2ccccc2)c1. The highest BCUT2D eigenvalue weighted by Crippen LogP contribution is 2.10. The van der Waals surface area contributed by atoms with Crippen molar-refractivity contribution in [3.8, 4) is 0 Å². The molecule has 1 heterocycles. The molecule has 0 aliphatic heterocycles. The predicted molar refractivity (Wildman–Crippen MR) is 78.4 cm³/mol. The van der Waals surface area contributed by atoms with E-state index in [9.17, 15) is 9.59 Å². The smallest absolute Gasteiger partial charge is 0.251 e. The van der Waals surface area contributed by atoms with Crippen LogP contribution in [0.1, 0.15) is 24.1 Å². The topological polar surface area (TPSA) is 51.1 Å². The van der Waals surface area contributed by atoms with Crippen molar-refractivity contribution < 1.29 is 4.79 Å². The van der Waals surface area contributed by atoms with Crippen LogP contribution in [0.3, 0.4) is 0 Å². The van der Waals surface area contributed by atoms with Gasteiger partial charge in [0.15, 0.2) is 0 Å². The highest BCUT2D eigenvalue weighted by Gasteiger charge is 2.10. The van der Waals surface area contributed by atoms with Crippen molar-refractivity contribution >= 4 is 5.91 Å². The number of nitrogens with one attached hydrogen (secondary N) is 1. The third-order valence-corrected chi connectivity index (χ3v) is 3.12. The lowest BCUT2D eigenvalue weighted by molar-refractivity contribution is -0.122. The Labute approximate surface area is 118 Å². The molecule has 0 aliphatic rings. The van der Waals surface area contributed by atoms with Crippen molar-refractivity contribution in [2.45, 2.75) is 26.4 Å². The molecular weight excluding hydrogens is 252 g/mol. The second-order valence-corrected chi connectivity index (χ2v) is 4.87. The molecule has 0 aliphatic carbocycles. The zero-order valence-electron chi connectivity index (χ0n) is 11.7. The van der Waals surface area contributed by atoms with Crippen molar-refractivity contribution in [2.75, 3.05) is 0 Å². The standard InChI is InChI=1S/C16H18N2O2/c1-12-8-9-16(20)18(10-12)11-15(19)17-13(2)14-6-4-3-5-7-14/h3-10,13H,11H2,1-2H3,(H,17,19)/t13-/m1/s1. The van der Waals surface area contributed by atoms with Crippen LogP contribution in [0.25, 0.3) is 0 Å². The molecule has 1 aromatic heterocycles. The van der Waals surface area contributed by atoms with Gasteiger partial charge in [-0.2, -0.15) is 0 Å². The summed E-state index contributed by atoms with van der Waals surface area (Å²) in [4.78, 5) is 23.6. The Hall–Kier alpha value is -2.36. The van der Waals surface area contributed by atoms with Gasteiger partial charge in [0.25, 0.3) is 5.56 Å². The Bertz CT molecular complexity index is 647. The molecule has 0 saturated carbocycles. The van der Waals surface area contributed by atoms with E-state index in [-0.39, 0.29) is 24.1 Å². The normalized spacial score (nSPS) is 11.9. The minimum absolute atomic E-state index is 0.0394. The van der Waals surface area contributed by atoms with Crippen LogP contribution in [-0.4, -0.2) is 10.5 Å². The molecule has 2 aromatic rings. The van der Waals surface area contributed by atoms with Crippen molar-refractivity contribution in [1.82, 2.24) is 9.88 Å². The van der Waals surface area contributed by atoms with E-state index >= 15 is 0 Å². The lowest BCUT2D eigenvalue weighted by atomic mass is 10.1. The fraction of sp³-hybridized carbons (Fsp3) is 0.250. The molecule has 2 rings (SSSR count). The number of pyridine rings is 1. The largest absolute Gasteiger partial charge is 0.348 e. The summed E-state index contributed by atoms with van der Waals surface area (Å²) in [6.45, 7) is 3.85. The van der Waals surface area contributed by atoms with Crippen molar-refractivity contribution in [3.63, 3.8) is 0 Å². The summed E-state index contributed by atoms with van der Waals surface area (Å²) in [7, 11) is 0. The molecule has 104 valence electrons. The van der Waals surface area contributed by atoms with E-state index in [1.807, 2.05) is 44.2 Å². The van der Waals surface area contributed by atoms with E-state index in [2.05, 4.69) is 5.32 Å². The van der Waals surface area contributed by atoms with Crippen LogP contribution in [0.4, 0.5) is 0 Å². The Morgan fingerprint density at radius 1 is 1.20 bits per heavy atom. The summed E-state index contributed by atoms with van der Waals surface area (Å²) in [5, 5.41) is 2.89. The van der Waals surface area contributed by atoms with Gasteiger partial charge in [-0.25, -0.2) is 0 Å². The summed E-state index contributed by atoms with van der Waals surface area (Å²) < 4.78 is 1.42. The third kappa shape index (κ3) is 3.57. The number of amides is 1. The summed E-state index contributed by atoms with van der Waals surface area (Å²) in [5.74, 6) is -0.172. The number of rotatable bonds is 4. The molecule has 0 fully saturated rings. The molecule has 0 spiro atoms. The van der Waals surface area contributed by atoms with Gasteiger partial charge in [0.1, 0.15) is 6.54 Å². The first-order valence-electron chi connectivity index (χ1n) is 6.57. The van der Waals surface area contributed by atoms with Gasteiger partial charge in [-0.05, 0) is 25.0 Å². The van der Waals surface area contributed by atoms with Crippen LogP contribution in [0.15, 0.2) is 53.5 Å². The van der Waals surface area contributed by atoms with Crippen molar-refractivity contribution in [3.05, 3.63) is 70.1 Å². The maximum absolute atomic E-state index is 12.0. The molecule has 1 atom stereocenters. The molecular formula is C16H18N2O2. The summed E-state index contributed by atoms with van der Waals surface area (Å²) in [5.41, 5.74) is 1.82. The second-order valence-electron chi connectivity index (χ2n) is 4.87. The van der Waals surface area contributed by atoms with Crippen LogP contribution >= 0.6 is 0 Å². The zero-order valence-corrected chi connectivity index (χ0v) is 11.7. The molecule has 20 heavy (non-hydrogen) atoms. The number of aryl methyl sites for hydroxylation is 1. The van der Waals surface area contributed by atoms with Crippen LogP contribution in [0.5, 0.6) is 0 Å². The van der Waals surface area contributed by atoms with Crippen molar-refractivity contribution in [2.24, 2.45) is 0 Å².